The second-order valence-corrected chi connectivity index (χ2v) is 8.58. The van der Waals surface area contributed by atoms with Crippen molar-refractivity contribution in [2.24, 2.45) is 0 Å². The molecule has 7 heteroatoms. The molecule has 33 heavy (non-hydrogen) atoms. The van der Waals surface area contributed by atoms with Gasteiger partial charge in [-0.1, -0.05) is 42.0 Å². The van der Waals surface area contributed by atoms with E-state index in [9.17, 15) is 4.79 Å². The molecular weight excluding hydrogens is 412 g/mol. The molecule has 0 amide bonds. The van der Waals surface area contributed by atoms with E-state index in [1.165, 1.54) is 24.1 Å². The van der Waals surface area contributed by atoms with E-state index in [2.05, 4.69) is 36.9 Å². The SMILES string of the molecule is Cc1cccc(CC(=O)Cc2ccc(Nc3nccc(Nc4cc(C5CC5)[nH]n4)n3)cc2)c1. The minimum Gasteiger partial charge on any atom is -0.324 e. The standard InChI is InChI=1S/C26H26N6O/c1-17-3-2-4-19(13-17)15-22(33)14-18-5-9-21(10-6-18)28-26-27-12-11-24(30-26)29-25-16-23(31-32-25)20-7-8-20/h2-6,9-13,16,20H,7-8,14-15H2,1H3,(H3,27,28,29,30,31,32). The maximum atomic E-state index is 12.4. The van der Waals surface area contributed by atoms with Gasteiger partial charge in [-0.2, -0.15) is 10.1 Å². The highest BCUT2D eigenvalue weighted by molar-refractivity contribution is 5.83. The number of hydrogen-bond donors (Lipinski definition) is 3. The third kappa shape index (κ3) is 5.63. The number of Topliss-reactive ketones (excluding diaryl/α,β-unsaturated/α-hetero) is 1. The zero-order chi connectivity index (χ0) is 22.6. The van der Waals surface area contributed by atoms with Crippen molar-refractivity contribution < 1.29 is 4.79 Å². The van der Waals surface area contributed by atoms with Crippen LogP contribution in [-0.4, -0.2) is 25.9 Å². The number of aryl methyl sites for hydroxylation is 1. The number of hydrogen-bond acceptors (Lipinski definition) is 6. The maximum absolute atomic E-state index is 12.4. The molecule has 2 aromatic carbocycles. The van der Waals surface area contributed by atoms with E-state index in [0.717, 1.165) is 22.6 Å². The maximum Gasteiger partial charge on any atom is 0.229 e. The van der Waals surface area contributed by atoms with Crippen molar-refractivity contribution >= 4 is 29.1 Å². The number of carbonyl (C=O) groups excluding carboxylic acids is 1. The first-order chi connectivity index (χ1) is 16.1. The first-order valence-electron chi connectivity index (χ1n) is 11.2. The number of rotatable bonds is 9. The molecule has 2 aromatic heterocycles. The van der Waals surface area contributed by atoms with E-state index < -0.39 is 0 Å². The predicted molar refractivity (Wildman–Crippen MR) is 129 cm³/mol. The summed E-state index contributed by atoms with van der Waals surface area (Å²) in [6, 6.07) is 19.7. The van der Waals surface area contributed by atoms with Gasteiger partial charge in [-0.25, -0.2) is 4.98 Å². The molecule has 0 aliphatic heterocycles. The van der Waals surface area contributed by atoms with Crippen LogP contribution in [0.2, 0.25) is 0 Å². The number of aromatic amines is 1. The molecule has 7 nitrogen and oxygen atoms in total. The number of ketones is 1. The molecule has 0 radical (unpaired) electrons. The van der Waals surface area contributed by atoms with Crippen molar-refractivity contribution in [3.05, 3.63) is 89.2 Å². The Morgan fingerprint density at radius 3 is 2.58 bits per heavy atom. The summed E-state index contributed by atoms with van der Waals surface area (Å²) in [5.74, 6) is 2.73. The van der Waals surface area contributed by atoms with Crippen molar-refractivity contribution in [1.82, 2.24) is 20.2 Å². The van der Waals surface area contributed by atoms with Gasteiger partial charge in [-0.05, 0) is 49.1 Å². The zero-order valence-corrected chi connectivity index (χ0v) is 18.5. The van der Waals surface area contributed by atoms with Crippen molar-refractivity contribution in [3.8, 4) is 0 Å². The van der Waals surface area contributed by atoms with Crippen molar-refractivity contribution in [1.29, 1.82) is 0 Å². The van der Waals surface area contributed by atoms with Crippen LogP contribution in [-0.2, 0) is 17.6 Å². The van der Waals surface area contributed by atoms with E-state index in [-0.39, 0.29) is 5.78 Å². The van der Waals surface area contributed by atoms with Crippen LogP contribution in [0, 0.1) is 6.92 Å². The molecular formula is C26H26N6O. The molecule has 166 valence electrons. The fourth-order valence-corrected chi connectivity index (χ4v) is 3.80. The molecule has 1 fully saturated rings. The highest BCUT2D eigenvalue weighted by Gasteiger charge is 2.25. The largest absolute Gasteiger partial charge is 0.324 e. The van der Waals surface area contributed by atoms with Crippen LogP contribution in [0.1, 0.15) is 41.1 Å². The number of benzene rings is 2. The number of H-pyrrole nitrogens is 1. The lowest BCUT2D eigenvalue weighted by Gasteiger charge is -2.08. The van der Waals surface area contributed by atoms with E-state index in [1.54, 1.807) is 12.3 Å². The van der Waals surface area contributed by atoms with Crippen LogP contribution in [0.4, 0.5) is 23.3 Å². The van der Waals surface area contributed by atoms with Gasteiger partial charge in [-0.3, -0.25) is 9.89 Å². The van der Waals surface area contributed by atoms with Crippen LogP contribution in [0.3, 0.4) is 0 Å². The number of aromatic nitrogens is 4. The van der Waals surface area contributed by atoms with Gasteiger partial charge in [0.25, 0.3) is 0 Å². The fraction of sp³-hybridized carbons (Fsp3) is 0.231. The number of nitrogens with one attached hydrogen (secondary N) is 3. The third-order valence-electron chi connectivity index (χ3n) is 5.62. The molecule has 3 N–H and O–H groups in total. The Hall–Kier alpha value is -4.00. The fourth-order valence-electron chi connectivity index (χ4n) is 3.80. The topological polar surface area (TPSA) is 95.6 Å². The second kappa shape index (κ2) is 9.24. The number of carbonyl (C=O) groups is 1. The second-order valence-electron chi connectivity index (χ2n) is 8.58. The summed E-state index contributed by atoms with van der Waals surface area (Å²) in [5, 5.41) is 13.8. The predicted octanol–water partition coefficient (Wildman–Crippen LogP) is 5.23. The van der Waals surface area contributed by atoms with Gasteiger partial charge in [0.15, 0.2) is 5.82 Å². The molecule has 4 aromatic rings. The molecule has 0 spiro atoms. The quantitative estimate of drug-likeness (QED) is 0.331. The van der Waals surface area contributed by atoms with Gasteiger partial charge in [0.1, 0.15) is 11.6 Å². The molecule has 1 aliphatic carbocycles. The summed E-state index contributed by atoms with van der Waals surface area (Å²) in [6.07, 6.45) is 5.01. The molecule has 0 unspecified atom stereocenters. The normalized spacial score (nSPS) is 13.0. The lowest BCUT2D eigenvalue weighted by molar-refractivity contribution is -0.117. The van der Waals surface area contributed by atoms with Crippen LogP contribution in [0.5, 0.6) is 0 Å². The third-order valence-corrected chi connectivity index (χ3v) is 5.62. The first-order valence-corrected chi connectivity index (χ1v) is 11.2. The zero-order valence-electron chi connectivity index (χ0n) is 18.5. The van der Waals surface area contributed by atoms with E-state index in [1.807, 2.05) is 55.5 Å². The van der Waals surface area contributed by atoms with E-state index in [4.69, 9.17) is 0 Å². The minimum absolute atomic E-state index is 0.201. The molecule has 0 saturated heterocycles. The smallest absolute Gasteiger partial charge is 0.229 e. The summed E-state index contributed by atoms with van der Waals surface area (Å²) < 4.78 is 0. The summed E-state index contributed by atoms with van der Waals surface area (Å²) in [7, 11) is 0. The van der Waals surface area contributed by atoms with Crippen LogP contribution in [0.25, 0.3) is 0 Å². The first kappa shape index (κ1) is 20.9. The number of nitrogens with zero attached hydrogens (tertiary/aromatic N) is 3. The summed E-state index contributed by atoms with van der Waals surface area (Å²) >= 11 is 0. The minimum atomic E-state index is 0.201. The van der Waals surface area contributed by atoms with Crippen molar-refractivity contribution in [2.75, 3.05) is 10.6 Å². The Labute approximate surface area is 192 Å². The van der Waals surface area contributed by atoms with Gasteiger partial charge >= 0.3 is 0 Å². The summed E-state index contributed by atoms with van der Waals surface area (Å²) in [5.41, 5.74) is 5.24. The van der Waals surface area contributed by atoms with Crippen molar-refractivity contribution in [2.45, 2.75) is 38.5 Å². The van der Waals surface area contributed by atoms with E-state index in [0.29, 0.717) is 30.5 Å². The van der Waals surface area contributed by atoms with Gasteiger partial charge in [0.2, 0.25) is 5.95 Å². The molecule has 5 rings (SSSR count). The van der Waals surface area contributed by atoms with Gasteiger partial charge in [0, 0.05) is 42.4 Å². The molecule has 1 aliphatic rings. The van der Waals surface area contributed by atoms with Crippen LogP contribution < -0.4 is 10.6 Å². The molecule has 1 saturated carbocycles. The monoisotopic (exact) mass is 438 g/mol. The van der Waals surface area contributed by atoms with Gasteiger partial charge in [-0.15, -0.1) is 0 Å². The highest BCUT2D eigenvalue weighted by Crippen LogP contribution is 2.39. The molecule has 2 heterocycles. The summed E-state index contributed by atoms with van der Waals surface area (Å²) in [6.45, 7) is 2.04. The van der Waals surface area contributed by atoms with Crippen LogP contribution in [0.15, 0.2) is 66.9 Å². The highest BCUT2D eigenvalue weighted by atomic mass is 16.1. The van der Waals surface area contributed by atoms with Gasteiger partial charge in [0.05, 0.1) is 0 Å². The van der Waals surface area contributed by atoms with E-state index >= 15 is 0 Å². The number of anilines is 4. The Kier molecular flexibility index (Phi) is 5.85. The Morgan fingerprint density at radius 1 is 0.970 bits per heavy atom. The average molecular weight is 439 g/mol. The lowest BCUT2D eigenvalue weighted by Crippen LogP contribution is -2.07. The average Bonchev–Trinajstić information content (AvgIpc) is 3.54. The van der Waals surface area contributed by atoms with Gasteiger partial charge < -0.3 is 10.6 Å². The lowest BCUT2D eigenvalue weighted by atomic mass is 10.0. The Balaban J connectivity index is 1.17. The Bertz CT molecular complexity index is 1260. The Morgan fingerprint density at radius 2 is 1.79 bits per heavy atom. The summed E-state index contributed by atoms with van der Waals surface area (Å²) in [4.78, 5) is 21.3. The van der Waals surface area contributed by atoms with Crippen molar-refractivity contribution in [3.63, 3.8) is 0 Å². The molecule has 0 atom stereocenters. The molecule has 0 bridgehead atoms. The van der Waals surface area contributed by atoms with Crippen LogP contribution >= 0.6 is 0 Å².